The predicted octanol–water partition coefficient (Wildman–Crippen LogP) is 1.50. The molecule has 1 aromatic rings. The van der Waals surface area contributed by atoms with Crippen LogP contribution in [-0.4, -0.2) is 41.2 Å². The number of nitrogens with zero attached hydrogens (tertiary/aromatic N) is 2. The van der Waals surface area contributed by atoms with Gasteiger partial charge in [-0.25, -0.2) is 0 Å². The van der Waals surface area contributed by atoms with Crippen LogP contribution in [-0.2, 0) is 16.1 Å². The van der Waals surface area contributed by atoms with Crippen LogP contribution in [0.25, 0.3) is 0 Å². The summed E-state index contributed by atoms with van der Waals surface area (Å²) in [6.45, 7) is 6.25. The van der Waals surface area contributed by atoms with Crippen molar-refractivity contribution in [2.45, 2.75) is 26.8 Å². The zero-order chi connectivity index (χ0) is 13.8. The van der Waals surface area contributed by atoms with Gasteiger partial charge in [-0.3, -0.25) is 9.59 Å². The van der Waals surface area contributed by atoms with Crippen molar-refractivity contribution in [2.24, 2.45) is 5.92 Å². The Morgan fingerprint density at radius 1 is 1.47 bits per heavy atom. The first-order valence-corrected chi connectivity index (χ1v) is 6.74. The van der Waals surface area contributed by atoms with E-state index in [2.05, 4.69) is 0 Å². The highest BCUT2D eigenvalue weighted by atomic mass is 16.3. The minimum Gasteiger partial charge on any atom is -0.467 e. The maximum Gasteiger partial charge on any atom is 0.227 e. The van der Waals surface area contributed by atoms with Crippen molar-refractivity contribution in [1.82, 2.24) is 9.80 Å². The molecule has 104 valence electrons. The van der Waals surface area contributed by atoms with E-state index in [1.807, 2.05) is 19.9 Å². The van der Waals surface area contributed by atoms with E-state index in [1.165, 1.54) is 0 Å². The predicted molar refractivity (Wildman–Crippen MR) is 70.2 cm³/mol. The summed E-state index contributed by atoms with van der Waals surface area (Å²) in [7, 11) is 0. The van der Waals surface area contributed by atoms with E-state index in [-0.39, 0.29) is 17.7 Å². The lowest BCUT2D eigenvalue weighted by atomic mass is 10.1. The van der Waals surface area contributed by atoms with Gasteiger partial charge in [0, 0.05) is 26.1 Å². The van der Waals surface area contributed by atoms with Gasteiger partial charge in [0.15, 0.2) is 0 Å². The quantitative estimate of drug-likeness (QED) is 0.809. The molecule has 0 radical (unpaired) electrons. The van der Waals surface area contributed by atoms with Crippen molar-refractivity contribution in [3.05, 3.63) is 24.2 Å². The van der Waals surface area contributed by atoms with Crippen molar-refractivity contribution in [1.29, 1.82) is 0 Å². The number of rotatable bonds is 5. The Hall–Kier alpha value is -1.78. The molecule has 1 saturated heterocycles. The normalized spacial score (nSPS) is 18.9. The molecule has 0 aromatic carbocycles. The Bertz CT molecular complexity index is 438. The monoisotopic (exact) mass is 264 g/mol. The van der Waals surface area contributed by atoms with Gasteiger partial charge in [0.2, 0.25) is 11.8 Å². The van der Waals surface area contributed by atoms with Crippen molar-refractivity contribution in [3.63, 3.8) is 0 Å². The lowest BCUT2D eigenvalue weighted by Gasteiger charge is -2.22. The van der Waals surface area contributed by atoms with E-state index >= 15 is 0 Å². The van der Waals surface area contributed by atoms with Crippen molar-refractivity contribution in [2.75, 3.05) is 19.6 Å². The number of carbonyl (C=O) groups is 2. The average molecular weight is 264 g/mol. The highest BCUT2D eigenvalue weighted by Gasteiger charge is 2.36. The fourth-order valence-electron chi connectivity index (χ4n) is 2.47. The maximum atomic E-state index is 12.2. The second-order valence-corrected chi connectivity index (χ2v) is 4.77. The van der Waals surface area contributed by atoms with Crippen LogP contribution >= 0.6 is 0 Å². The molecule has 1 unspecified atom stereocenters. The van der Waals surface area contributed by atoms with Crippen LogP contribution in [0.15, 0.2) is 22.8 Å². The van der Waals surface area contributed by atoms with E-state index in [0.717, 1.165) is 5.76 Å². The smallest absolute Gasteiger partial charge is 0.227 e. The summed E-state index contributed by atoms with van der Waals surface area (Å²) in [6.07, 6.45) is 1.91. The average Bonchev–Trinajstić information content (AvgIpc) is 3.02. The summed E-state index contributed by atoms with van der Waals surface area (Å²) < 4.78 is 5.24. The molecule has 2 amide bonds. The number of hydrogen-bond acceptors (Lipinski definition) is 3. The number of carbonyl (C=O) groups excluding carboxylic acids is 2. The highest BCUT2D eigenvalue weighted by Crippen LogP contribution is 2.22. The third kappa shape index (κ3) is 2.97. The lowest BCUT2D eigenvalue weighted by molar-refractivity contribution is -0.135. The molecule has 0 aliphatic carbocycles. The van der Waals surface area contributed by atoms with Gasteiger partial charge in [-0.1, -0.05) is 0 Å². The van der Waals surface area contributed by atoms with Crippen LogP contribution in [0.4, 0.5) is 0 Å². The molecule has 0 N–H and O–H groups in total. The largest absolute Gasteiger partial charge is 0.467 e. The van der Waals surface area contributed by atoms with E-state index < -0.39 is 0 Å². The molecule has 1 aromatic heterocycles. The molecule has 0 bridgehead atoms. The van der Waals surface area contributed by atoms with Gasteiger partial charge in [-0.2, -0.15) is 0 Å². The van der Waals surface area contributed by atoms with Crippen LogP contribution in [0.2, 0.25) is 0 Å². The fourth-order valence-corrected chi connectivity index (χ4v) is 2.47. The summed E-state index contributed by atoms with van der Waals surface area (Å²) >= 11 is 0. The topological polar surface area (TPSA) is 53.8 Å². The Morgan fingerprint density at radius 2 is 2.21 bits per heavy atom. The molecular weight excluding hydrogens is 244 g/mol. The summed E-state index contributed by atoms with van der Waals surface area (Å²) in [6, 6.07) is 3.64. The van der Waals surface area contributed by atoms with Gasteiger partial charge in [0.1, 0.15) is 5.76 Å². The van der Waals surface area contributed by atoms with E-state index in [0.29, 0.717) is 32.6 Å². The molecule has 1 fully saturated rings. The molecule has 5 nitrogen and oxygen atoms in total. The zero-order valence-electron chi connectivity index (χ0n) is 11.5. The highest BCUT2D eigenvalue weighted by molar-refractivity contribution is 5.89. The van der Waals surface area contributed by atoms with Crippen LogP contribution in [0.3, 0.4) is 0 Å². The first kappa shape index (κ1) is 13.6. The van der Waals surface area contributed by atoms with Crippen molar-refractivity contribution >= 4 is 11.8 Å². The summed E-state index contributed by atoms with van der Waals surface area (Å²) in [4.78, 5) is 27.6. The maximum absolute atomic E-state index is 12.2. The Balaban J connectivity index is 1.97. The van der Waals surface area contributed by atoms with Crippen molar-refractivity contribution in [3.8, 4) is 0 Å². The zero-order valence-corrected chi connectivity index (χ0v) is 11.5. The van der Waals surface area contributed by atoms with Gasteiger partial charge in [0.25, 0.3) is 0 Å². The van der Waals surface area contributed by atoms with Crippen LogP contribution in [0, 0.1) is 5.92 Å². The van der Waals surface area contributed by atoms with Gasteiger partial charge < -0.3 is 14.2 Å². The molecule has 1 atom stereocenters. The van der Waals surface area contributed by atoms with Gasteiger partial charge in [-0.05, 0) is 26.0 Å². The molecule has 19 heavy (non-hydrogen) atoms. The van der Waals surface area contributed by atoms with Crippen molar-refractivity contribution < 1.29 is 14.0 Å². The Kier molecular flexibility index (Phi) is 4.24. The second kappa shape index (κ2) is 5.91. The van der Waals surface area contributed by atoms with E-state index in [1.54, 1.807) is 22.1 Å². The number of likely N-dealkylation sites (tertiary alicyclic amines) is 1. The third-order valence-corrected chi connectivity index (χ3v) is 3.57. The lowest BCUT2D eigenvalue weighted by Crippen LogP contribution is -2.37. The molecule has 5 heteroatoms. The SMILES string of the molecule is CCN(CC)C(=O)C1CC(=O)N(Cc2ccco2)C1. The fraction of sp³-hybridized carbons (Fsp3) is 0.571. The molecule has 0 saturated carbocycles. The van der Waals surface area contributed by atoms with E-state index in [4.69, 9.17) is 4.42 Å². The van der Waals surface area contributed by atoms with Gasteiger partial charge >= 0.3 is 0 Å². The summed E-state index contributed by atoms with van der Waals surface area (Å²) in [5, 5.41) is 0. The minimum atomic E-state index is -0.206. The first-order chi connectivity index (χ1) is 9.15. The molecule has 0 spiro atoms. The van der Waals surface area contributed by atoms with E-state index in [9.17, 15) is 9.59 Å². The van der Waals surface area contributed by atoms with Gasteiger partial charge in [0.05, 0.1) is 18.7 Å². The Morgan fingerprint density at radius 3 is 2.79 bits per heavy atom. The number of furan rings is 1. The molecule has 2 rings (SSSR count). The van der Waals surface area contributed by atoms with Crippen LogP contribution < -0.4 is 0 Å². The summed E-state index contributed by atoms with van der Waals surface area (Å²) in [5.74, 6) is 0.661. The first-order valence-electron chi connectivity index (χ1n) is 6.74. The number of hydrogen-bond donors (Lipinski definition) is 0. The van der Waals surface area contributed by atoms with Crippen LogP contribution in [0.1, 0.15) is 26.0 Å². The second-order valence-electron chi connectivity index (χ2n) is 4.77. The van der Waals surface area contributed by atoms with Crippen LogP contribution in [0.5, 0.6) is 0 Å². The molecular formula is C14H20N2O3. The standard InChI is InChI=1S/C14H20N2O3/c1-3-15(4-2)14(18)11-8-13(17)16(9-11)10-12-6-5-7-19-12/h5-7,11H,3-4,8-10H2,1-2H3. The molecule has 1 aliphatic heterocycles. The minimum absolute atomic E-state index is 0.0295. The number of amides is 2. The third-order valence-electron chi connectivity index (χ3n) is 3.57. The summed E-state index contributed by atoms with van der Waals surface area (Å²) in [5.41, 5.74) is 0. The molecule has 1 aliphatic rings. The molecule has 2 heterocycles. The van der Waals surface area contributed by atoms with Gasteiger partial charge in [-0.15, -0.1) is 0 Å². The Labute approximate surface area is 113 Å².